The van der Waals surface area contributed by atoms with Gasteiger partial charge in [0.15, 0.2) is 11.6 Å². The highest BCUT2D eigenvalue weighted by Crippen LogP contribution is 2.64. The van der Waals surface area contributed by atoms with Gasteiger partial charge in [0.1, 0.15) is 11.2 Å². The van der Waals surface area contributed by atoms with Crippen molar-refractivity contribution in [2.75, 3.05) is 0 Å². The average Bonchev–Trinajstić information content (AvgIpc) is 4.07. The van der Waals surface area contributed by atoms with Gasteiger partial charge in [-0.2, -0.15) is 9.97 Å². The van der Waals surface area contributed by atoms with Gasteiger partial charge in [0.2, 0.25) is 5.95 Å². The van der Waals surface area contributed by atoms with Gasteiger partial charge in [-0.25, -0.2) is 4.98 Å². The van der Waals surface area contributed by atoms with Crippen LogP contribution in [-0.4, -0.2) is 19.5 Å². The highest BCUT2D eigenvalue weighted by atomic mass is 16.3. The minimum atomic E-state index is -0.522. The van der Waals surface area contributed by atoms with Gasteiger partial charge in [0.25, 0.3) is 0 Å². The van der Waals surface area contributed by atoms with Gasteiger partial charge in [-0.1, -0.05) is 176 Å². The van der Waals surface area contributed by atoms with Gasteiger partial charge < -0.3 is 4.42 Å². The standard InChI is InChI=1S/C58H34N4O/c1-2-14-35(15-3-1)36-26-28-37(29-27-36)55-59-56(38-30-31-43-42-19-8-13-25-51(42)63-52(43)34-38)61-57(60-55)62-49-24-12-7-20-45(49)53-50(62)33-32-44-41-18-6-11-23-48(41)58(54(44)53)46-21-9-4-16-39(46)40-17-5-10-22-47(40)58/h1-34H. The molecule has 12 aromatic rings. The summed E-state index contributed by atoms with van der Waals surface area (Å²) in [7, 11) is 0. The van der Waals surface area contributed by atoms with E-state index in [0.29, 0.717) is 17.6 Å². The largest absolute Gasteiger partial charge is 0.456 e. The van der Waals surface area contributed by atoms with Crippen molar-refractivity contribution < 1.29 is 4.42 Å². The Morgan fingerprint density at radius 2 is 0.905 bits per heavy atom. The summed E-state index contributed by atoms with van der Waals surface area (Å²) >= 11 is 0. The third-order valence-corrected chi connectivity index (χ3v) is 13.5. The predicted molar refractivity (Wildman–Crippen MR) is 254 cm³/mol. The average molecular weight is 803 g/mol. The Morgan fingerprint density at radius 1 is 0.365 bits per heavy atom. The molecule has 9 aromatic carbocycles. The summed E-state index contributed by atoms with van der Waals surface area (Å²) < 4.78 is 8.64. The molecule has 0 radical (unpaired) electrons. The molecule has 14 rings (SSSR count). The lowest BCUT2D eigenvalue weighted by atomic mass is 9.69. The molecular weight excluding hydrogens is 769 g/mol. The first-order valence-electron chi connectivity index (χ1n) is 21.4. The maximum atomic E-state index is 6.39. The van der Waals surface area contributed by atoms with E-state index in [0.717, 1.165) is 60.6 Å². The summed E-state index contributed by atoms with van der Waals surface area (Å²) in [5, 5.41) is 4.49. The van der Waals surface area contributed by atoms with Crippen molar-refractivity contribution >= 4 is 43.7 Å². The highest BCUT2D eigenvalue weighted by Gasteiger charge is 2.52. The fourth-order valence-electron chi connectivity index (χ4n) is 10.9. The van der Waals surface area contributed by atoms with Crippen molar-refractivity contribution in [2.24, 2.45) is 0 Å². The number of furan rings is 1. The zero-order chi connectivity index (χ0) is 41.2. The Morgan fingerprint density at radius 3 is 1.63 bits per heavy atom. The molecule has 0 fully saturated rings. The van der Waals surface area contributed by atoms with E-state index in [-0.39, 0.29) is 0 Å². The molecule has 292 valence electrons. The van der Waals surface area contributed by atoms with Gasteiger partial charge >= 0.3 is 0 Å². The molecule has 3 aromatic heterocycles. The van der Waals surface area contributed by atoms with Gasteiger partial charge in [-0.15, -0.1) is 0 Å². The van der Waals surface area contributed by atoms with Crippen LogP contribution >= 0.6 is 0 Å². The van der Waals surface area contributed by atoms with Crippen LogP contribution in [0.5, 0.6) is 0 Å². The summed E-state index contributed by atoms with van der Waals surface area (Å²) in [4.78, 5) is 16.0. The second-order valence-corrected chi connectivity index (χ2v) is 16.7. The molecule has 0 aliphatic heterocycles. The van der Waals surface area contributed by atoms with Crippen molar-refractivity contribution in [3.63, 3.8) is 0 Å². The van der Waals surface area contributed by atoms with Gasteiger partial charge in [0.05, 0.1) is 16.4 Å². The van der Waals surface area contributed by atoms with Crippen LogP contribution in [0.25, 0.3) is 106 Å². The van der Waals surface area contributed by atoms with E-state index < -0.39 is 5.41 Å². The van der Waals surface area contributed by atoms with Crippen LogP contribution in [0.2, 0.25) is 0 Å². The molecule has 0 bridgehead atoms. The van der Waals surface area contributed by atoms with Crippen LogP contribution < -0.4 is 0 Å². The molecule has 2 aliphatic carbocycles. The van der Waals surface area contributed by atoms with Crippen LogP contribution in [0.15, 0.2) is 211 Å². The van der Waals surface area contributed by atoms with Crippen LogP contribution in [0.1, 0.15) is 22.3 Å². The molecule has 2 aliphatic rings. The fraction of sp³-hybridized carbons (Fsp3) is 0.0172. The van der Waals surface area contributed by atoms with E-state index in [4.69, 9.17) is 19.4 Å². The number of rotatable bonds is 4. The second kappa shape index (κ2) is 12.8. The Bertz CT molecular complexity index is 3800. The molecule has 5 heteroatoms. The molecule has 63 heavy (non-hydrogen) atoms. The van der Waals surface area contributed by atoms with E-state index in [1.165, 1.54) is 49.9 Å². The van der Waals surface area contributed by atoms with Crippen molar-refractivity contribution in [1.29, 1.82) is 0 Å². The molecule has 0 amide bonds. The van der Waals surface area contributed by atoms with E-state index in [2.05, 4.69) is 187 Å². The Hall–Kier alpha value is -8.41. The molecule has 3 heterocycles. The van der Waals surface area contributed by atoms with E-state index in [1.54, 1.807) is 0 Å². The number of fused-ring (bicyclic) bond motifs is 17. The van der Waals surface area contributed by atoms with Crippen LogP contribution in [0, 0.1) is 0 Å². The first-order valence-corrected chi connectivity index (χ1v) is 21.4. The minimum Gasteiger partial charge on any atom is -0.456 e. The zero-order valence-electron chi connectivity index (χ0n) is 33.8. The first kappa shape index (κ1) is 34.3. The summed E-state index contributed by atoms with van der Waals surface area (Å²) in [5.41, 5.74) is 17.5. The number of hydrogen-bond donors (Lipinski definition) is 0. The van der Waals surface area contributed by atoms with E-state index >= 15 is 0 Å². The smallest absolute Gasteiger partial charge is 0.238 e. The summed E-state index contributed by atoms with van der Waals surface area (Å²) in [5.74, 6) is 1.71. The fourth-order valence-corrected chi connectivity index (χ4v) is 10.9. The normalized spacial score (nSPS) is 13.2. The van der Waals surface area contributed by atoms with Gasteiger partial charge in [0, 0.05) is 32.7 Å². The number of para-hydroxylation sites is 2. The van der Waals surface area contributed by atoms with Crippen molar-refractivity contribution in [3.05, 3.63) is 229 Å². The third-order valence-electron chi connectivity index (χ3n) is 13.5. The molecule has 0 atom stereocenters. The molecule has 0 saturated carbocycles. The van der Waals surface area contributed by atoms with Crippen molar-refractivity contribution in [1.82, 2.24) is 19.5 Å². The Kier molecular flexibility index (Phi) is 6.97. The van der Waals surface area contributed by atoms with Crippen molar-refractivity contribution in [2.45, 2.75) is 5.41 Å². The summed E-state index contributed by atoms with van der Waals surface area (Å²) in [6.07, 6.45) is 0. The molecule has 1 spiro atoms. The molecule has 0 unspecified atom stereocenters. The monoisotopic (exact) mass is 802 g/mol. The number of benzene rings is 9. The van der Waals surface area contributed by atoms with Gasteiger partial charge in [-0.3, -0.25) is 4.57 Å². The second-order valence-electron chi connectivity index (χ2n) is 16.7. The summed E-state index contributed by atoms with van der Waals surface area (Å²) in [6, 6.07) is 73.7. The maximum absolute atomic E-state index is 6.39. The molecule has 0 saturated heterocycles. The first-order chi connectivity index (χ1) is 31.2. The SMILES string of the molecule is c1ccc(-c2ccc(-c3nc(-c4ccc5c(c4)oc4ccccc45)nc(-n4c5ccccc5c5c6c(ccc54)-c4ccccc4C64c5ccccc5-c5ccccc54)n3)cc2)cc1. The lowest BCUT2D eigenvalue weighted by Crippen LogP contribution is -2.26. The maximum Gasteiger partial charge on any atom is 0.238 e. The molecule has 5 nitrogen and oxygen atoms in total. The topological polar surface area (TPSA) is 56.7 Å². The van der Waals surface area contributed by atoms with E-state index in [9.17, 15) is 0 Å². The lowest BCUT2D eigenvalue weighted by molar-refractivity contribution is 0.669. The molecular formula is C58H34N4O. The van der Waals surface area contributed by atoms with Crippen LogP contribution in [-0.2, 0) is 5.41 Å². The highest BCUT2D eigenvalue weighted by molar-refractivity contribution is 6.16. The zero-order valence-corrected chi connectivity index (χ0v) is 33.8. The van der Waals surface area contributed by atoms with Crippen molar-refractivity contribution in [3.8, 4) is 62.1 Å². The van der Waals surface area contributed by atoms with Crippen LogP contribution in [0.4, 0.5) is 0 Å². The minimum absolute atomic E-state index is 0.522. The number of aromatic nitrogens is 4. The van der Waals surface area contributed by atoms with Crippen LogP contribution in [0.3, 0.4) is 0 Å². The van der Waals surface area contributed by atoms with E-state index in [1.807, 2.05) is 24.3 Å². The Balaban J connectivity index is 1.05. The number of hydrogen-bond acceptors (Lipinski definition) is 4. The van der Waals surface area contributed by atoms with Gasteiger partial charge in [-0.05, 0) is 86.0 Å². The quantitative estimate of drug-likeness (QED) is 0.178. The molecule has 0 N–H and O–H groups in total. The summed E-state index contributed by atoms with van der Waals surface area (Å²) in [6.45, 7) is 0. The predicted octanol–water partition coefficient (Wildman–Crippen LogP) is 14.2. The third kappa shape index (κ3) is 4.68. The number of nitrogens with zero attached hydrogens (tertiary/aromatic N) is 4. The lowest BCUT2D eigenvalue weighted by Gasteiger charge is -2.31. The Labute approximate surface area is 362 Å².